The van der Waals surface area contributed by atoms with E-state index in [0.29, 0.717) is 22.3 Å². The molecule has 44 heavy (non-hydrogen) atoms. The third-order valence-corrected chi connectivity index (χ3v) is 7.97. The van der Waals surface area contributed by atoms with Gasteiger partial charge in [0.05, 0.1) is 11.1 Å². The highest BCUT2D eigenvalue weighted by Gasteiger charge is 2.22. The van der Waals surface area contributed by atoms with E-state index in [1.165, 1.54) is 24.3 Å². The molecule has 0 unspecified atom stereocenters. The van der Waals surface area contributed by atoms with Crippen LogP contribution >= 0.6 is 22.9 Å². The Labute approximate surface area is 266 Å². The largest absolute Gasteiger partial charge is 0.369 e. The Morgan fingerprint density at radius 3 is 2.41 bits per heavy atom. The summed E-state index contributed by atoms with van der Waals surface area (Å²) in [7, 11) is 0. The number of carbonyl (C=O) groups is 2. The molecule has 1 aliphatic heterocycles. The minimum atomic E-state index is -0.543. The molecule has 1 saturated heterocycles. The number of anilines is 5. The molecule has 1 aliphatic rings. The topological polar surface area (TPSA) is 131 Å². The van der Waals surface area contributed by atoms with Gasteiger partial charge in [-0.3, -0.25) is 14.7 Å². The van der Waals surface area contributed by atoms with Crippen LogP contribution in [-0.4, -0.2) is 61.3 Å². The second-order valence-corrected chi connectivity index (χ2v) is 11.4. The number of halogens is 2. The van der Waals surface area contributed by atoms with Crippen LogP contribution in [0.3, 0.4) is 0 Å². The molecule has 0 saturated carbocycles. The molecule has 0 bridgehead atoms. The number of nitrogens with one attached hydrogen (secondary N) is 4. The van der Waals surface area contributed by atoms with Gasteiger partial charge in [-0.15, -0.1) is 0 Å². The summed E-state index contributed by atoms with van der Waals surface area (Å²) in [5.41, 5.74) is 4.03. The lowest BCUT2D eigenvalue weighted by Crippen LogP contribution is -2.42. The summed E-state index contributed by atoms with van der Waals surface area (Å²) in [4.78, 5) is 37.1. The van der Waals surface area contributed by atoms with Crippen molar-refractivity contribution in [3.8, 4) is 11.3 Å². The molecule has 0 atom stereocenters. The van der Waals surface area contributed by atoms with Crippen LogP contribution in [0.15, 0.2) is 85.5 Å². The van der Waals surface area contributed by atoms with Gasteiger partial charge in [0, 0.05) is 77.4 Å². The van der Waals surface area contributed by atoms with Crippen molar-refractivity contribution in [1.29, 1.82) is 0 Å². The lowest BCUT2D eigenvalue weighted by atomic mass is 10.1. The number of amides is 2. The number of benzene rings is 3. The lowest BCUT2D eigenvalue weighted by molar-refractivity contribution is -0.111. The van der Waals surface area contributed by atoms with E-state index in [-0.39, 0.29) is 28.9 Å². The molecular formula is C31H27FIN9O2. The van der Waals surface area contributed by atoms with Crippen molar-refractivity contribution in [1.82, 2.24) is 23.3 Å². The maximum atomic E-state index is 13.8. The predicted octanol–water partition coefficient (Wildman–Crippen LogP) is 5.75. The van der Waals surface area contributed by atoms with Crippen LogP contribution in [-0.2, 0) is 4.79 Å². The maximum Gasteiger partial charge on any atom is 0.274 e. The van der Waals surface area contributed by atoms with Crippen molar-refractivity contribution in [3.05, 3.63) is 97.0 Å². The highest BCUT2D eigenvalue weighted by atomic mass is 127. The number of fused-ring (bicyclic) bond motifs is 1. The second-order valence-electron chi connectivity index (χ2n) is 10.0. The zero-order chi connectivity index (χ0) is 30.6. The fraction of sp³-hybridized carbons (Fsp3) is 0.129. The third-order valence-electron chi connectivity index (χ3n) is 7.00. The van der Waals surface area contributed by atoms with Crippen molar-refractivity contribution in [2.75, 3.05) is 47.0 Å². The van der Waals surface area contributed by atoms with Crippen molar-refractivity contribution >= 4 is 74.4 Å². The van der Waals surface area contributed by atoms with E-state index in [9.17, 15) is 14.0 Å². The number of aromatic nitrogens is 4. The minimum absolute atomic E-state index is 0.0998. The number of hydrogen-bond acceptors (Lipinski definition) is 8. The van der Waals surface area contributed by atoms with Crippen molar-refractivity contribution in [3.63, 3.8) is 0 Å². The van der Waals surface area contributed by atoms with Gasteiger partial charge in [-0.1, -0.05) is 30.8 Å². The smallest absolute Gasteiger partial charge is 0.274 e. The minimum Gasteiger partial charge on any atom is -0.369 e. The highest BCUT2D eigenvalue weighted by molar-refractivity contribution is 14.1. The molecule has 0 radical (unpaired) electrons. The fourth-order valence-corrected chi connectivity index (χ4v) is 5.33. The molecule has 0 aliphatic carbocycles. The van der Waals surface area contributed by atoms with Gasteiger partial charge >= 0.3 is 0 Å². The number of carbonyl (C=O) groups excluding carboxylic acids is 2. The molecule has 5 aromatic rings. The first kappa shape index (κ1) is 29.2. The number of H-pyrrole nitrogens is 1. The van der Waals surface area contributed by atoms with Crippen LogP contribution in [0.1, 0.15) is 10.5 Å². The molecule has 222 valence electrons. The summed E-state index contributed by atoms with van der Waals surface area (Å²) in [5, 5.41) is 16.2. The predicted molar refractivity (Wildman–Crippen MR) is 178 cm³/mol. The average Bonchev–Trinajstić information content (AvgIpc) is 3.45. The third kappa shape index (κ3) is 6.53. The van der Waals surface area contributed by atoms with Gasteiger partial charge in [-0.05, 0) is 54.6 Å². The van der Waals surface area contributed by atoms with Crippen LogP contribution in [0.2, 0.25) is 0 Å². The number of rotatable bonds is 8. The van der Waals surface area contributed by atoms with Crippen LogP contribution in [0.4, 0.5) is 33.1 Å². The first-order valence-electron chi connectivity index (χ1n) is 13.8. The highest BCUT2D eigenvalue weighted by Crippen LogP contribution is 2.32. The zero-order valence-corrected chi connectivity index (χ0v) is 25.5. The fourth-order valence-electron chi connectivity index (χ4n) is 4.90. The molecule has 0 spiro atoms. The molecule has 3 heterocycles. The normalized spacial score (nSPS) is 13.5. The Kier molecular flexibility index (Phi) is 8.47. The van der Waals surface area contributed by atoms with Gasteiger partial charge in [-0.2, -0.15) is 10.1 Å². The zero-order valence-electron chi connectivity index (χ0n) is 23.3. The van der Waals surface area contributed by atoms with E-state index in [1.54, 1.807) is 24.3 Å². The molecule has 13 heteroatoms. The van der Waals surface area contributed by atoms with Crippen LogP contribution < -0.4 is 20.9 Å². The monoisotopic (exact) mass is 703 g/mol. The molecular weight excluding hydrogens is 676 g/mol. The average molecular weight is 704 g/mol. The summed E-state index contributed by atoms with van der Waals surface area (Å²) < 4.78 is 16.1. The van der Waals surface area contributed by atoms with E-state index in [4.69, 9.17) is 4.98 Å². The van der Waals surface area contributed by atoms with E-state index in [0.717, 1.165) is 37.6 Å². The summed E-state index contributed by atoms with van der Waals surface area (Å²) in [6, 6.07) is 20.7. The van der Waals surface area contributed by atoms with Gasteiger partial charge in [0.2, 0.25) is 11.9 Å². The molecule has 6 rings (SSSR count). The molecule has 11 nitrogen and oxygen atoms in total. The second kappa shape index (κ2) is 12.8. The summed E-state index contributed by atoms with van der Waals surface area (Å²) in [6.45, 7) is 7.30. The van der Waals surface area contributed by atoms with Crippen molar-refractivity contribution in [2.45, 2.75) is 0 Å². The van der Waals surface area contributed by atoms with E-state index in [2.05, 4.69) is 74.7 Å². The van der Waals surface area contributed by atoms with Gasteiger partial charge in [-0.25, -0.2) is 12.5 Å². The number of nitrogens with zero attached hydrogens (tertiary/aromatic N) is 5. The van der Waals surface area contributed by atoms with E-state index in [1.807, 2.05) is 24.3 Å². The Morgan fingerprint density at radius 1 is 0.909 bits per heavy atom. The molecule has 2 amide bonds. The maximum absolute atomic E-state index is 13.8. The van der Waals surface area contributed by atoms with Gasteiger partial charge < -0.3 is 20.9 Å². The Morgan fingerprint density at radius 2 is 1.64 bits per heavy atom. The first-order chi connectivity index (χ1) is 21.4. The number of hydrogen-bond donors (Lipinski definition) is 4. The first-order valence-corrected chi connectivity index (χ1v) is 14.7. The van der Waals surface area contributed by atoms with Gasteiger partial charge in [0.25, 0.3) is 5.91 Å². The van der Waals surface area contributed by atoms with Gasteiger partial charge in [0.15, 0.2) is 5.65 Å². The summed E-state index contributed by atoms with van der Waals surface area (Å²) in [5.74, 6) is -1.12. The van der Waals surface area contributed by atoms with Crippen molar-refractivity contribution in [2.24, 2.45) is 0 Å². The molecule has 4 N–H and O–H groups in total. The molecule has 1 fully saturated rings. The Bertz CT molecular complexity index is 1870. The Balaban J connectivity index is 1.39. The van der Waals surface area contributed by atoms with Crippen molar-refractivity contribution < 1.29 is 14.0 Å². The number of piperazine rings is 1. The Hall–Kier alpha value is -4.89. The van der Waals surface area contributed by atoms with Crippen LogP contribution in [0.25, 0.3) is 22.3 Å². The van der Waals surface area contributed by atoms with Crippen LogP contribution in [0, 0.1) is 5.82 Å². The standard InChI is InChI=1S/C31H27FIN9O2/c1-2-25(43)34-21-8-3-6-19(16-21)27-26-28(30(44)35-22-9-4-7-20(32)17-22)39-40-29(26)38-31(37-27)36-23-10-5-11-24(18-23)41-12-14-42(33)15-13-41/h2-11,16-18H,1,12-15H2,(H,34,43)(H,35,44)(H2,36,37,38,39,40). The summed E-state index contributed by atoms with van der Waals surface area (Å²) in [6.07, 6.45) is 1.18. The number of aromatic amines is 1. The van der Waals surface area contributed by atoms with Gasteiger partial charge in [0.1, 0.15) is 11.5 Å². The molecule has 3 aromatic carbocycles. The SMILES string of the molecule is C=CC(=O)Nc1cccc(-c2nc(Nc3cccc(N4CCN(I)CC4)c3)nc3n[nH]c(C(=O)Nc4cccc(F)c4)c23)c1. The summed E-state index contributed by atoms with van der Waals surface area (Å²) >= 11 is 2.35. The molecule has 2 aromatic heterocycles. The van der Waals surface area contributed by atoms with E-state index < -0.39 is 11.7 Å². The van der Waals surface area contributed by atoms with E-state index >= 15 is 0 Å². The quantitative estimate of drug-likeness (QED) is 0.0914. The van der Waals surface area contributed by atoms with Crippen LogP contribution in [0.5, 0.6) is 0 Å². The lowest BCUT2D eigenvalue weighted by Gasteiger charge is -2.33.